The standard InChI is InChI=1S/C21H25NO/c1-2-15-22-16-9-3-8-14-21(23)19-12-6-4-10-17(19)18-11-5-7-13-20(18)21/h2,4-7,10-13,22-23H,1,3,8-9,14-16H2. The molecule has 0 radical (unpaired) electrons. The number of rotatable bonds is 8. The summed E-state index contributed by atoms with van der Waals surface area (Å²) < 4.78 is 0. The second-order valence-electron chi connectivity index (χ2n) is 6.25. The molecule has 0 aromatic heterocycles. The topological polar surface area (TPSA) is 32.3 Å². The highest BCUT2D eigenvalue weighted by atomic mass is 16.3. The van der Waals surface area contributed by atoms with E-state index in [-0.39, 0.29) is 0 Å². The third kappa shape index (κ3) is 3.10. The van der Waals surface area contributed by atoms with Crippen LogP contribution in [0.3, 0.4) is 0 Å². The van der Waals surface area contributed by atoms with Crippen LogP contribution in [0.1, 0.15) is 36.8 Å². The molecule has 0 saturated heterocycles. The Morgan fingerprint density at radius 1 is 0.913 bits per heavy atom. The summed E-state index contributed by atoms with van der Waals surface area (Å²) in [4.78, 5) is 0. The summed E-state index contributed by atoms with van der Waals surface area (Å²) in [5.74, 6) is 0. The molecule has 2 N–H and O–H groups in total. The Morgan fingerprint density at radius 3 is 2.13 bits per heavy atom. The molecule has 1 aliphatic carbocycles. The number of hydrogen-bond donors (Lipinski definition) is 2. The van der Waals surface area contributed by atoms with Gasteiger partial charge in [0, 0.05) is 6.54 Å². The van der Waals surface area contributed by atoms with Crippen LogP contribution in [0.15, 0.2) is 61.2 Å². The van der Waals surface area contributed by atoms with E-state index in [4.69, 9.17) is 0 Å². The van der Waals surface area contributed by atoms with Gasteiger partial charge in [-0.05, 0) is 48.1 Å². The molecule has 0 spiro atoms. The van der Waals surface area contributed by atoms with Gasteiger partial charge < -0.3 is 10.4 Å². The van der Waals surface area contributed by atoms with Crippen molar-refractivity contribution < 1.29 is 5.11 Å². The van der Waals surface area contributed by atoms with E-state index in [2.05, 4.69) is 36.2 Å². The Hall–Kier alpha value is -1.90. The monoisotopic (exact) mass is 307 g/mol. The van der Waals surface area contributed by atoms with Gasteiger partial charge in [-0.15, -0.1) is 6.58 Å². The SMILES string of the molecule is C=CCNCCCCCC1(O)c2ccccc2-c2ccccc21. The highest BCUT2D eigenvalue weighted by Gasteiger charge is 2.40. The van der Waals surface area contributed by atoms with Gasteiger partial charge >= 0.3 is 0 Å². The molecule has 2 aromatic rings. The van der Waals surface area contributed by atoms with E-state index >= 15 is 0 Å². The number of fused-ring (bicyclic) bond motifs is 3. The molecule has 0 heterocycles. The van der Waals surface area contributed by atoms with E-state index in [9.17, 15) is 5.11 Å². The minimum atomic E-state index is -0.832. The van der Waals surface area contributed by atoms with Gasteiger partial charge in [-0.1, -0.05) is 61.0 Å². The van der Waals surface area contributed by atoms with Gasteiger partial charge in [0.15, 0.2) is 0 Å². The van der Waals surface area contributed by atoms with Crippen molar-refractivity contribution in [3.8, 4) is 11.1 Å². The van der Waals surface area contributed by atoms with Crippen molar-refractivity contribution in [1.82, 2.24) is 5.32 Å². The predicted molar refractivity (Wildman–Crippen MR) is 96.4 cm³/mol. The second-order valence-corrected chi connectivity index (χ2v) is 6.25. The Labute approximate surface area is 138 Å². The fourth-order valence-corrected chi connectivity index (χ4v) is 3.58. The van der Waals surface area contributed by atoms with Crippen LogP contribution in [0.25, 0.3) is 11.1 Å². The fourth-order valence-electron chi connectivity index (χ4n) is 3.58. The number of hydrogen-bond acceptors (Lipinski definition) is 2. The van der Waals surface area contributed by atoms with Crippen LogP contribution in [0.4, 0.5) is 0 Å². The molecule has 0 bridgehead atoms. The first-order chi connectivity index (χ1) is 11.3. The van der Waals surface area contributed by atoms with E-state index in [1.54, 1.807) is 0 Å². The van der Waals surface area contributed by atoms with Gasteiger partial charge in [0.2, 0.25) is 0 Å². The lowest BCUT2D eigenvalue weighted by atomic mass is 9.86. The number of nitrogens with one attached hydrogen (secondary N) is 1. The van der Waals surface area contributed by atoms with Gasteiger partial charge in [-0.2, -0.15) is 0 Å². The zero-order chi connectivity index (χ0) is 16.1. The molecule has 2 aromatic carbocycles. The van der Waals surface area contributed by atoms with Crippen molar-refractivity contribution in [1.29, 1.82) is 0 Å². The van der Waals surface area contributed by atoms with Crippen LogP contribution in [-0.4, -0.2) is 18.2 Å². The van der Waals surface area contributed by atoms with Crippen molar-refractivity contribution in [3.63, 3.8) is 0 Å². The van der Waals surface area contributed by atoms with Crippen molar-refractivity contribution in [2.24, 2.45) is 0 Å². The van der Waals surface area contributed by atoms with Gasteiger partial charge in [0.05, 0.1) is 0 Å². The van der Waals surface area contributed by atoms with Crippen LogP contribution in [-0.2, 0) is 5.60 Å². The first-order valence-electron chi connectivity index (χ1n) is 8.51. The molecule has 0 unspecified atom stereocenters. The van der Waals surface area contributed by atoms with Gasteiger partial charge in [-0.25, -0.2) is 0 Å². The summed E-state index contributed by atoms with van der Waals surface area (Å²) >= 11 is 0. The van der Waals surface area contributed by atoms with Crippen LogP contribution in [0.2, 0.25) is 0 Å². The molecule has 2 nitrogen and oxygen atoms in total. The summed E-state index contributed by atoms with van der Waals surface area (Å²) in [6, 6.07) is 16.5. The van der Waals surface area contributed by atoms with Crippen molar-refractivity contribution in [3.05, 3.63) is 72.3 Å². The van der Waals surface area contributed by atoms with Crippen LogP contribution in [0.5, 0.6) is 0 Å². The maximum Gasteiger partial charge on any atom is 0.116 e. The number of unbranched alkanes of at least 4 members (excludes halogenated alkanes) is 2. The van der Waals surface area contributed by atoms with Crippen molar-refractivity contribution in [2.45, 2.75) is 31.3 Å². The molecular formula is C21H25NO. The Kier molecular flexibility index (Phi) is 4.94. The summed E-state index contributed by atoms with van der Waals surface area (Å²) in [7, 11) is 0. The van der Waals surface area contributed by atoms with Gasteiger partial charge in [-0.3, -0.25) is 0 Å². The summed E-state index contributed by atoms with van der Waals surface area (Å²) in [5, 5.41) is 14.7. The molecule has 120 valence electrons. The quantitative estimate of drug-likeness (QED) is 0.565. The average molecular weight is 307 g/mol. The maximum absolute atomic E-state index is 11.4. The van der Waals surface area contributed by atoms with E-state index in [1.165, 1.54) is 11.1 Å². The van der Waals surface area contributed by atoms with E-state index < -0.39 is 5.60 Å². The molecular weight excluding hydrogens is 282 g/mol. The highest BCUT2D eigenvalue weighted by Crippen LogP contribution is 2.49. The maximum atomic E-state index is 11.4. The second kappa shape index (κ2) is 7.12. The predicted octanol–water partition coefficient (Wildman–Crippen LogP) is 4.24. The highest BCUT2D eigenvalue weighted by molar-refractivity contribution is 5.79. The molecule has 23 heavy (non-hydrogen) atoms. The van der Waals surface area contributed by atoms with E-state index in [0.29, 0.717) is 0 Å². The molecule has 0 amide bonds. The van der Waals surface area contributed by atoms with E-state index in [0.717, 1.165) is 49.9 Å². The Balaban J connectivity index is 1.69. The van der Waals surface area contributed by atoms with E-state index in [1.807, 2.05) is 30.3 Å². The number of benzene rings is 2. The number of aliphatic hydroxyl groups is 1. The molecule has 2 heteroatoms. The first kappa shape index (κ1) is 16.0. The summed E-state index contributed by atoms with van der Waals surface area (Å²) in [6.07, 6.45) is 5.94. The molecule has 0 atom stereocenters. The zero-order valence-electron chi connectivity index (χ0n) is 13.6. The van der Waals surface area contributed by atoms with Gasteiger partial charge in [0.25, 0.3) is 0 Å². The molecule has 0 fully saturated rings. The molecule has 3 rings (SSSR count). The Bertz CT molecular complexity index is 632. The van der Waals surface area contributed by atoms with Crippen LogP contribution < -0.4 is 5.32 Å². The van der Waals surface area contributed by atoms with Gasteiger partial charge in [0.1, 0.15) is 5.60 Å². The average Bonchev–Trinajstić information content (AvgIpc) is 2.85. The molecule has 0 aliphatic heterocycles. The lowest BCUT2D eigenvalue weighted by Crippen LogP contribution is -2.24. The lowest BCUT2D eigenvalue weighted by molar-refractivity contribution is 0.0727. The summed E-state index contributed by atoms with van der Waals surface area (Å²) in [5.41, 5.74) is 3.65. The molecule has 0 saturated carbocycles. The third-order valence-electron chi connectivity index (χ3n) is 4.72. The fraction of sp³-hybridized carbons (Fsp3) is 0.333. The van der Waals surface area contributed by atoms with Crippen molar-refractivity contribution >= 4 is 0 Å². The minimum absolute atomic E-state index is 0.780. The minimum Gasteiger partial charge on any atom is -0.380 e. The van der Waals surface area contributed by atoms with Crippen LogP contribution in [0, 0.1) is 0 Å². The Morgan fingerprint density at radius 2 is 1.52 bits per heavy atom. The summed E-state index contributed by atoms with van der Waals surface area (Å²) in [6.45, 7) is 5.58. The largest absolute Gasteiger partial charge is 0.380 e. The zero-order valence-corrected chi connectivity index (χ0v) is 13.6. The normalized spacial score (nSPS) is 14.3. The van der Waals surface area contributed by atoms with Crippen molar-refractivity contribution in [2.75, 3.05) is 13.1 Å². The smallest absolute Gasteiger partial charge is 0.116 e. The third-order valence-corrected chi connectivity index (χ3v) is 4.72. The first-order valence-corrected chi connectivity index (χ1v) is 8.51. The molecule has 1 aliphatic rings. The van der Waals surface area contributed by atoms with Crippen LogP contribution >= 0.6 is 0 Å². The lowest BCUT2D eigenvalue weighted by Gasteiger charge is -2.26.